The Morgan fingerprint density at radius 3 is 2.64 bits per heavy atom. The van der Waals surface area contributed by atoms with Crippen LogP contribution < -0.4 is 0 Å². The van der Waals surface area contributed by atoms with Gasteiger partial charge in [0.15, 0.2) is 0 Å². The van der Waals surface area contributed by atoms with E-state index in [4.69, 9.17) is 10.2 Å². The zero-order valence-electron chi connectivity index (χ0n) is 7.70. The van der Waals surface area contributed by atoms with Crippen LogP contribution in [0.5, 0.6) is 0 Å². The zero-order valence-corrected chi connectivity index (χ0v) is 9.28. The quantitative estimate of drug-likeness (QED) is 0.873. The summed E-state index contributed by atoms with van der Waals surface area (Å²) in [6.07, 6.45) is -0.00866. The Morgan fingerprint density at radius 2 is 2.14 bits per heavy atom. The van der Waals surface area contributed by atoms with Crippen LogP contribution in [-0.2, 0) is 6.42 Å². The molecule has 0 heterocycles. The monoisotopic (exact) mass is 258 g/mol. The number of aliphatic hydroxyl groups is 1. The van der Waals surface area contributed by atoms with E-state index in [2.05, 4.69) is 15.9 Å². The molecular formula is C10H11BrO3. The van der Waals surface area contributed by atoms with E-state index in [-0.39, 0.29) is 5.56 Å². The van der Waals surface area contributed by atoms with Gasteiger partial charge in [0.05, 0.1) is 11.7 Å². The first-order valence-electron chi connectivity index (χ1n) is 4.20. The SMILES string of the molecule is CC(O)Cc1cc(Br)cc(C(=O)O)c1. The van der Waals surface area contributed by atoms with Gasteiger partial charge in [0.2, 0.25) is 0 Å². The molecule has 76 valence electrons. The van der Waals surface area contributed by atoms with Crippen molar-refractivity contribution in [1.82, 2.24) is 0 Å². The third-order valence-electron chi connectivity index (χ3n) is 1.74. The van der Waals surface area contributed by atoms with Crippen LogP contribution in [0.4, 0.5) is 0 Å². The molecule has 0 spiro atoms. The minimum atomic E-state index is -0.960. The Hall–Kier alpha value is -0.870. The number of carbonyl (C=O) groups is 1. The van der Waals surface area contributed by atoms with Gasteiger partial charge in [-0.25, -0.2) is 4.79 Å². The molecule has 0 amide bonds. The number of aliphatic hydroxyl groups excluding tert-OH is 1. The Morgan fingerprint density at radius 1 is 1.50 bits per heavy atom. The van der Waals surface area contributed by atoms with Crippen molar-refractivity contribution in [3.63, 3.8) is 0 Å². The van der Waals surface area contributed by atoms with E-state index in [1.165, 1.54) is 6.07 Å². The molecule has 0 aliphatic heterocycles. The second-order valence-electron chi connectivity index (χ2n) is 3.21. The molecule has 0 aliphatic rings. The number of hydrogen-bond acceptors (Lipinski definition) is 2. The van der Waals surface area contributed by atoms with Crippen LogP contribution in [0.2, 0.25) is 0 Å². The van der Waals surface area contributed by atoms with E-state index >= 15 is 0 Å². The normalized spacial score (nSPS) is 12.5. The molecule has 3 nitrogen and oxygen atoms in total. The number of carboxylic acids is 1. The number of benzene rings is 1. The summed E-state index contributed by atoms with van der Waals surface area (Å²) < 4.78 is 0.716. The molecule has 2 N–H and O–H groups in total. The van der Waals surface area contributed by atoms with Gasteiger partial charge in [0, 0.05) is 4.47 Å². The molecule has 0 fully saturated rings. The van der Waals surface area contributed by atoms with Crippen molar-refractivity contribution in [2.24, 2.45) is 0 Å². The van der Waals surface area contributed by atoms with Gasteiger partial charge in [0.25, 0.3) is 0 Å². The second-order valence-corrected chi connectivity index (χ2v) is 4.12. The molecule has 14 heavy (non-hydrogen) atoms. The minimum Gasteiger partial charge on any atom is -0.478 e. The topological polar surface area (TPSA) is 57.5 Å². The maximum Gasteiger partial charge on any atom is 0.335 e. The van der Waals surface area contributed by atoms with Crippen molar-refractivity contribution >= 4 is 21.9 Å². The summed E-state index contributed by atoms with van der Waals surface area (Å²) in [7, 11) is 0. The average molecular weight is 259 g/mol. The van der Waals surface area contributed by atoms with Crippen LogP contribution in [0.25, 0.3) is 0 Å². The Balaban J connectivity index is 3.01. The number of halogens is 1. The van der Waals surface area contributed by atoms with E-state index in [1.807, 2.05) is 0 Å². The summed E-state index contributed by atoms with van der Waals surface area (Å²) in [6, 6.07) is 4.91. The number of hydrogen-bond donors (Lipinski definition) is 2. The molecule has 4 heteroatoms. The lowest BCUT2D eigenvalue weighted by Crippen LogP contribution is -2.06. The third kappa shape index (κ3) is 3.12. The summed E-state index contributed by atoms with van der Waals surface area (Å²) in [5, 5.41) is 17.9. The van der Waals surface area contributed by atoms with Gasteiger partial charge < -0.3 is 10.2 Å². The molecule has 0 aromatic heterocycles. The first kappa shape index (κ1) is 11.2. The van der Waals surface area contributed by atoms with E-state index < -0.39 is 12.1 Å². The number of rotatable bonds is 3. The highest BCUT2D eigenvalue weighted by atomic mass is 79.9. The van der Waals surface area contributed by atoms with Crippen molar-refractivity contribution in [3.05, 3.63) is 33.8 Å². The molecule has 0 bridgehead atoms. The van der Waals surface area contributed by atoms with Crippen LogP contribution in [0.1, 0.15) is 22.8 Å². The maximum atomic E-state index is 10.7. The van der Waals surface area contributed by atoms with E-state index in [9.17, 15) is 4.79 Å². The third-order valence-corrected chi connectivity index (χ3v) is 2.19. The Bertz CT molecular complexity index is 347. The zero-order chi connectivity index (χ0) is 10.7. The van der Waals surface area contributed by atoms with E-state index in [0.29, 0.717) is 10.9 Å². The van der Waals surface area contributed by atoms with E-state index in [0.717, 1.165) is 5.56 Å². The summed E-state index contributed by atoms with van der Waals surface area (Å²) in [6.45, 7) is 1.67. The largest absolute Gasteiger partial charge is 0.478 e. The summed E-state index contributed by atoms with van der Waals surface area (Å²) in [5.74, 6) is -0.960. The molecule has 0 aliphatic carbocycles. The van der Waals surface area contributed by atoms with Crippen molar-refractivity contribution in [3.8, 4) is 0 Å². The fourth-order valence-corrected chi connectivity index (χ4v) is 1.77. The molecule has 1 aromatic rings. The van der Waals surface area contributed by atoms with Gasteiger partial charge in [-0.05, 0) is 37.1 Å². The van der Waals surface area contributed by atoms with Gasteiger partial charge in [-0.2, -0.15) is 0 Å². The first-order valence-corrected chi connectivity index (χ1v) is 4.99. The van der Waals surface area contributed by atoms with Gasteiger partial charge in [0.1, 0.15) is 0 Å². The average Bonchev–Trinajstić information content (AvgIpc) is 2.01. The molecule has 0 saturated carbocycles. The minimum absolute atomic E-state index is 0.232. The molecular weight excluding hydrogens is 248 g/mol. The Kier molecular flexibility index (Phi) is 3.66. The number of carboxylic acid groups (broad SMARTS) is 1. The molecule has 1 aromatic carbocycles. The lowest BCUT2D eigenvalue weighted by atomic mass is 10.1. The van der Waals surface area contributed by atoms with Crippen LogP contribution in [0, 0.1) is 0 Å². The predicted molar refractivity (Wildman–Crippen MR) is 56.5 cm³/mol. The van der Waals surface area contributed by atoms with Gasteiger partial charge in [-0.15, -0.1) is 0 Å². The smallest absolute Gasteiger partial charge is 0.335 e. The molecule has 0 saturated heterocycles. The summed E-state index contributed by atoms with van der Waals surface area (Å²) in [5.41, 5.74) is 1.04. The van der Waals surface area contributed by atoms with Crippen LogP contribution in [0.15, 0.2) is 22.7 Å². The maximum absolute atomic E-state index is 10.7. The fraction of sp³-hybridized carbons (Fsp3) is 0.300. The molecule has 1 unspecified atom stereocenters. The predicted octanol–water partition coefficient (Wildman–Crippen LogP) is 2.07. The van der Waals surface area contributed by atoms with Crippen LogP contribution >= 0.6 is 15.9 Å². The summed E-state index contributed by atoms with van der Waals surface area (Å²) >= 11 is 3.23. The lowest BCUT2D eigenvalue weighted by molar-refractivity contribution is 0.0696. The Labute approximate surface area is 90.5 Å². The van der Waals surface area contributed by atoms with Gasteiger partial charge in [-0.3, -0.25) is 0 Å². The number of aromatic carboxylic acids is 1. The van der Waals surface area contributed by atoms with E-state index in [1.54, 1.807) is 19.1 Å². The highest BCUT2D eigenvalue weighted by molar-refractivity contribution is 9.10. The van der Waals surface area contributed by atoms with Crippen LogP contribution in [0.3, 0.4) is 0 Å². The standard InChI is InChI=1S/C10H11BrO3/c1-6(12)2-7-3-8(10(13)14)5-9(11)4-7/h3-6,12H,2H2,1H3,(H,13,14). The molecule has 1 rings (SSSR count). The van der Waals surface area contributed by atoms with Crippen molar-refractivity contribution < 1.29 is 15.0 Å². The first-order chi connectivity index (χ1) is 6.49. The highest BCUT2D eigenvalue weighted by Gasteiger charge is 2.07. The van der Waals surface area contributed by atoms with Crippen molar-refractivity contribution in [1.29, 1.82) is 0 Å². The van der Waals surface area contributed by atoms with Gasteiger partial charge >= 0.3 is 5.97 Å². The van der Waals surface area contributed by atoms with Crippen molar-refractivity contribution in [2.45, 2.75) is 19.4 Å². The second kappa shape index (κ2) is 4.57. The molecule has 0 radical (unpaired) electrons. The molecule has 1 atom stereocenters. The summed E-state index contributed by atoms with van der Waals surface area (Å²) in [4.78, 5) is 10.7. The van der Waals surface area contributed by atoms with Crippen LogP contribution in [-0.4, -0.2) is 22.3 Å². The highest BCUT2D eigenvalue weighted by Crippen LogP contribution is 2.17. The lowest BCUT2D eigenvalue weighted by Gasteiger charge is -2.06. The van der Waals surface area contributed by atoms with Crippen molar-refractivity contribution in [2.75, 3.05) is 0 Å². The fourth-order valence-electron chi connectivity index (χ4n) is 1.23. The van der Waals surface area contributed by atoms with Gasteiger partial charge in [-0.1, -0.05) is 15.9 Å².